The summed E-state index contributed by atoms with van der Waals surface area (Å²) in [6, 6.07) is 2.07. The molecule has 0 amide bonds. The first-order valence-corrected chi connectivity index (χ1v) is 7.07. The highest BCUT2D eigenvalue weighted by atomic mass is 15.4. The van der Waals surface area contributed by atoms with Crippen molar-refractivity contribution in [3.63, 3.8) is 0 Å². The molecule has 0 aliphatic heterocycles. The fourth-order valence-electron chi connectivity index (χ4n) is 1.86. The topological polar surface area (TPSA) is 107 Å². The van der Waals surface area contributed by atoms with Gasteiger partial charge in [0.2, 0.25) is 11.9 Å². The second-order valence-electron chi connectivity index (χ2n) is 5.39. The molecule has 0 aliphatic carbocycles. The molecule has 2 aromatic rings. The number of nitrogens with zero attached hydrogens (tertiary/aromatic N) is 5. The molecule has 2 heterocycles. The Morgan fingerprint density at radius 2 is 1.90 bits per heavy atom. The second kappa shape index (κ2) is 6.98. The van der Waals surface area contributed by atoms with Crippen LogP contribution in [0, 0.1) is 5.92 Å². The van der Waals surface area contributed by atoms with Gasteiger partial charge in [0, 0.05) is 18.4 Å². The van der Waals surface area contributed by atoms with E-state index in [-0.39, 0.29) is 6.04 Å². The average Bonchev–Trinajstić information content (AvgIpc) is 2.99. The minimum Gasteiger partial charge on any atom is -0.352 e. The van der Waals surface area contributed by atoms with Gasteiger partial charge in [-0.15, -0.1) is 0 Å². The van der Waals surface area contributed by atoms with Gasteiger partial charge in [-0.3, -0.25) is 5.43 Å². The highest BCUT2D eigenvalue weighted by molar-refractivity contribution is 5.37. The highest BCUT2D eigenvalue weighted by Gasteiger charge is 2.10. The van der Waals surface area contributed by atoms with Gasteiger partial charge in [0.15, 0.2) is 0 Å². The Morgan fingerprint density at radius 1 is 1.14 bits per heavy atom. The average molecular weight is 290 g/mol. The van der Waals surface area contributed by atoms with Crippen LogP contribution in [0.2, 0.25) is 0 Å². The molecular formula is C13H22N8. The maximum Gasteiger partial charge on any atom is 0.257 e. The van der Waals surface area contributed by atoms with E-state index in [1.807, 2.05) is 0 Å². The van der Waals surface area contributed by atoms with Crippen molar-refractivity contribution < 1.29 is 0 Å². The van der Waals surface area contributed by atoms with Gasteiger partial charge >= 0.3 is 0 Å². The van der Waals surface area contributed by atoms with E-state index < -0.39 is 0 Å². The van der Waals surface area contributed by atoms with Gasteiger partial charge in [0.1, 0.15) is 0 Å². The maximum absolute atomic E-state index is 5.41. The van der Waals surface area contributed by atoms with Gasteiger partial charge in [0.25, 0.3) is 5.95 Å². The van der Waals surface area contributed by atoms with Crippen molar-refractivity contribution in [1.29, 1.82) is 0 Å². The number of anilines is 2. The Morgan fingerprint density at radius 3 is 2.52 bits per heavy atom. The molecule has 1 unspecified atom stereocenters. The van der Waals surface area contributed by atoms with Crippen molar-refractivity contribution in [2.24, 2.45) is 11.8 Å². The smallest absolute Gasteiger partial charge is 0.257 e. The summed E-state index contributed by atoms with van der Waals surface area (Å²) in [6.45, 7) is 6.53. The fraction of sp³-hybridized carbons (Fsp3) is 0.538. The quantitative estimate of drug-likeness (QED) is 0.525. The number of nitrogens with two attached hydrogens (primary N) is 1. The molecule has 0 fully saturated rings. The van der Waals surface area contributed by atoms with Crippen LogP contribution in [0.15, 0.2) is 18.5 Å². The molecule has 2 rings (SSSR count). The number of hydrazine groups is 1. The van der Waals surface area contributed by atoms with Crippen LogP contribution >= 0.6 is 0 Å². The minimum atomic E-state index is 0.269. The third-order valence-corrected chi connectivity index (χ3v) is 3.01. The van der Waals surface area contributed by atoms with Crippen LogP contribution in [0.3, 0.4) is 0 Å². The SMILES string of the molecule is CC(C)CCC(C)Nc1nc(NN)nc(-n2cccn2)n1. The highest BCUT2D eigenvalue weighted by Crippen LogP contribution is 2.12. The van der Waals surface area contributed by atoms with Crippen LogP contribution in [0.25, 0.3) is 5.95 Å². The first kappa shape index (κ1) is 15.2. The van der Waals surface area contributed by atoms with Crippen LogP contribution in [-0.2, 0) is 0 Å². The third-order valence-electron chi connectivity index (χ3n) is 3.01. The molecule has 0 bridgehead atoms. The molecule has 0 aromatic carbocycles. The zero-order chi connectivity index (χ0) is 15.2. The Balaban J connectivity index is 2.13. The lowest BCUT2D eigenvalue weighted by Gasteiger charge is -2.15. The van der Waals surface area contributed by atoms with Crippen LogP contribution in [0.5, 0.6) is 0 Å². The number of aromatic nitrogens is 5. The molecule has 0 radical (unpaired) electrons. The number of hydrogen-bond donors (Lipinski definition) is 3. The molecule has 0 aliphatic rings. The van der Waals surface area contributed by atoms with Gasteiger partial charge in [-0.25, -0.2) is 10.5 Å². The van der Waals surface area contributed by atoms with E-state index in [1.54, 1.807) is 23.1 Å². The number of nitrogens with one attached hydrogen (secondary N) is 2. The number of rotatable bonds is 7. The van der Waals surface area contributed by atoms with Crippen molar-refractivity contribution in [2.45, 2.75) is 39.7 Å². The summed E-state index contributed by atoms with van der Waals surface area (Å²) in [5.74, 6) is 7.29. The van der Waals surface area contributed by atoms with Gasteiger partial charge in [0.05, 0.1) is 0 Å². The van der Waals surface area contributed by atoms with Crippen LogP contribution in [-0.4, -0.2) is 30.8 Å². The molecule has 114 valence electrons. The molecular weight excluding hydrogens is 268 g/mol. The molecule has 2 aromatic heterocycles. The zero-order valence-electron chi connectivity index (χ0n) is 12.6. The minimum absolute atomic E-state index is 0.269. The van der Waals surface area contributed by atoms with E-state index >= 15 is 0 Å². The lowest BCUT2D eigenvalue weighted by Crippen LogP contribution is -2.21. The predicted molar refractivity (Wildman–Crippen MR) is 81.9 cm³/mol. The Kier molecular flexibility index (Phi) is 5.04. The summed E-state index contributed by atoms with van der Waals surface area (Å²) in [6.07, 6.45) is 5.62. The Bertz CT molecular complexity index is 551. The number of nitrogen functional groups attached to an aromatic ring is 1. The van der Waals surface area contributed by atoms with Gasteiger partial charge in [-0.05, 0) is 31.7 Å². The molecule has 8 heteroatoms. The van der Waals surface area contributed by atoms with Gasteiger partial charge in [-0.1, -0.05) is 13.8 Å². The molecule has 4 N–H and O–H groups in total. The third kappa shape index (κ3) is 4.38. The molecule has 0 spiro atoms. The van der Waals surface area contributed by atoms with Crippen molar-refractivity contribution in [3.8, 4) is 5.95 Å². The summed E-state index contributed by atoms with van der Waals surface area (Å²) in [7, 11) is 0. The van der Waals surface area contributed by atoms with E-state index in [2.05, 4.69) is 51.6 Å². The van der Waals surface area contributed by atoms with E-state index in [0.29, 0.717) is 23.8 Å². The van der Waals surface area contributed by atoms with Crippen molar-refractivity contribution in [1.82, 2.24) is 24.7 Å². The summed E-state index contributed by atoms with van der Waals surface area (Å²) < 4.78 is 1.56. The van der Waals surface area contributed by atoms with E-state index in [0.717, 1.165) is 12.8 Å². The van der Waals surface area contributed by atoms with E-state index in [1.165, 1.54) is 0 Å². The van der Waals surface area contributed by atoms with Gasteiger partial charge in [-0.2, -0.15) is 20.1 Å². The molecule has 1 atom stereocenters. The fourth-order valence-corrected chi connectivity index (χ4v) is 1.86. The monoisotopic (exact) mass is 290 g/mol. The van der Waals surface area contributed by atoms with Crippen LogP contribution in [0.4, 0.5) is 11.9 Å². The lowest BCUT2D eigenvalue weighted by molar-refractivity contribution is 0.526. The molecule has 8 nitrogen and oxygen atoms in total. The molecule has 0 saturated carbocycles. The Hall–Kier alpha value is -2.22. The van der Waals surface area contributed by atoms with E-state index in [9.17, 15) is 0 Å². The number of hydrogen-bond acceptors (Lipinski definition) is 7. The van der Waals surface area contributed by atoms with Crippen molar-refractivity contribution >= 4 is 11.9 Å². The van der Waals surface area contributed by atoms with Gasteiger partial charge < -0.3 is 5.32 Å². The molecule has 0 saturated heterocycles. The second-order valence-corrected chi connectivity index (χ2v) is 5.39. The zero-order valence-corrected chi connectivity index (χ0v) is 12.6. The summed E-state index contributed by atoms with van der Waals surface area (Å²) >= 11 is 0. The van der Waals surface area contributed by atoms with Crippen molar-refractivity contribution in [2.75, 3.05) is 10.7 Å². The van der Waals surface area contributed by atoms with Crippen LogP contribution in [0.1, 0.15) is 33.6 Å². The van der Waals surface area contributed by atoms with E-state index in [4.69, 9.17) is 5.84 Å². The molecule has 21 heavy (non-hydrogen) atoms. The summed E-state index contributed by atoms with van der Waals surface area (Å²) in [4.78, 5) is 12.8. The largest absolute Gasteiger partial charge is 0.352 e. The van der Waals surface area contributed by atoms with Crippen molar-refractivity contribution in [3.05, 3.63) is 18.5 Å². The first-order valence-electron chi connectivity index (χ1n) is 7.07. The summed E-state index contributed by atoms with van der Waals surface area (Å²) in [5, 5.41) is 7.38. The standard InChI is InChI=1S/C13H22N8/c1-9(2)5-6-10(3)16-11-17-12(20-14)19-13(18-11)21-8-4-7-15-21/h4,7-10H,5-6,14H2,1-3H3,(H2,16,17,18,19,20). The maximum atomic E-state index is 5.41. The first-order chi connectivity index (χ1) is 10.1. The summed E-state index contributed by atoms with van der Waals surface area (Å²) in [5.41, 5.74) is 2.45. The lowest BCUT2D eigenvalue weighted by atomic mass is 10.0. The Labute approximate surface area is 124 Å². The predicted octanol–water partition coefficient (Wildman–Crippen LogP) is 1.58. The van der Waals surface area contributed by atoms with Crippen LogP contribution < -0.4 is 16.6 Å². The normalized spacial score (nSPS) is 12.4.